The number of nitrogens with one attached hydrogen (secondary N) is 1. The molecule has 1 aromatic carbocycles. The first-order chi connectivity index (χ1) is 8.78. The van der Waals surface area contributed by atoms with Crippen molar-refractivity contribution in [1.82, 2.24) is 10.2 Å². The van der Waals surface area contributed by atoms with Gasteiger partial charge in [0.15, 0.2) is 0 Å². The zero-order valence-corrected chi connectivity index (χ0v) is 10.6. The van der Waals surface area contributed by atoms with Gasteiger partial charge in [-0.15, -0.1) is 0 Å². The minimum atomic E-state index is 0.192. The van der Waals surface area contributed by atoms with E-state index in [9.17, 15) is 0 Å². The van der Waals surface area contributed by atoms with Gasteiger partial charge in [0.25, 0.3) is 0 Å². The predicted molar refractivity (Wildman–Crippen MR) is 71.7 cm³/mol. The summed E-state index contributed by atoms with van der Waals surface area (Å²) in [5.41, 5.74) is 2.11. The molecule has 0 spiro atoms. The molecule has 4 nitrogen and oxygen atoms in total. The van der Waals surface area contributed by atoms with E-state index in [1.54, 1.807) is 6.20 Å². The van der Waals surface area contributed by atoms with Gasteiger partial charge in [-0.05, 0) is 25.0 Å². The minimum Gasteiger partial charge on any atom is -0.370 e. The Balaban J connectivity index is 1.95. The van der Waals surface area contributed by atoms with Crippen LogP contribution >= 0.6 is 11.6 Å². The molecule has 1 aliphatic rings. The molecule has 2 aromatic rings. The lowest BCUT2D eigenvalue weighted by Gasteiger charge is -2.31. The molecule has 0 bridgehead atoms. The smallest absolute Gasteiger partial charge is 0.0884 e. The van der Waals surface area contributed by atoms with E-state index in [4.69, 9.17) is 16.9 Å². The Hall–Kier alpha value is -1.73. The molecule has 1 aliphatic heterocycles. The second-order valence-corrected chi connectivity index (χ2v) is 5.09. The largest absolute Gasteiger partial charge is 0.370 e. The summed E-state index contributed by atoms with van der Waals surface area (Å²) < 4.78 is 0. The van der Waals surface area contributed by atoms with Crippen molar-refractivity contribution in [3.8, 4) is 6.07 Å². The van der Waals surface area contributed by atoms with Crippen molar-refractivity contribution in [2.75, 3.05) is 18.0 Å². The Bertz CT molecular complexity index is 605. The maximum absolute atomic E-state index is 8.92. The molecular formula is C13H13ClN4. The monoisotopic (exact) mass is 260 g/mol. The van der Waals surface area contributed by atoms with E-state index in [-0.39, 0.29) is 5.92 Å². The number of benzene rings is 1. The standard InChI is InChI=1S/C13H13ClN4/c14-11-5-10-8-16-17-13(10)12(6-11)18-3-1-9(7-15)2-4-18/h5-6,8-9H,1-4H2,(H,16,17). The molecular weight excluding hydrogens is 248 g/mol. The number of rotatable bonds is 1. The number of aromatic amines is 1. The predicted octanol–water partition coefficient (Wildman–Crippen LogP) is 2.96. The molecule has 1 aromatic heterocycles. The maximum Gasteiger partial charge on any atom is 0.0884 e. The lowest BCUT2D eigenvalue weighted by Crippen LogP contribution is -2.33. The number of H-pyrrole nitrogens is 1. The van der Waals surface area contributed by atoms with Crippen LogP contribution in [0.25, 0.3) is 10.9 Å². The number of halogens is 1. The highest BCUT2D eigenvalue weighted by atomic mass is 35.5. The molecule has 1 N–H and O–H groups in total. The summed E-state index contributed by atoms with van der Waals surface area (Å²) in [5.74, 6) is 0.192. The molecule has 0 radical (unpaired) electrons. The average molecular weight is 261 g/mol. The fraction of sp³-hybridized carbons (Fsp3) is 0.385. The highest BCUT2D eigenvalue weighted by Gasteiger charge is 2.21. The number of hydrogen-bond donors (Lipinski definition) is 1. The van der Waals surface area contributed by atoms with Gasteiger partial charge < -0.3 is 4.90 Å². The van der Waals surface area contributed by atoms with E-state index in [1.807, 2.05) is 12.1 Å². The lowest BCUT2D eigenvalue weighted by molar-refractivity contribution is 0.488. The lowest BCUT2D eigenvalue weighted by atomic mass is 9.98. The normalized spacial score (nSPS) is 17.0. The topological polar surface area (TPSA) is 55.7 Å². The van der Waals surface area contributed by atoms with Crippen LogP contribution in [0.3, 0.4) is 0 Å². The van der Waals surface area contributed by atoms with Gasteiger partial charge in [-0.2, -0.15) is 10.4 Å². The SMILES string of the molecule is N#CC1CCN(c2cc(Cl)cc3cn[nH]c23)CC1. The zero-order chi connectivity index (χ0) is 12.5. The Morgan fingerprint density at radius 1 is 1.39 bits per heavy atom. The Kier molecular flexibility index (Phi) is 2.85. The third kappa shape index (κ3) is 1.91. The molecule has 0 atom stereocenters. The highest BCUT2D eigenvalue weighted by molar-refractivity contribution is 6.31. The van der Waals surface area contributed by atoms with E-state index < -0.39 is 0 Å². The number of nitrogens with zero attached hydrogens (tertiary/aromatic N) is 3. The Labute approximate surface area is 110 Å². The summed E-state index contributed by atoms with van der Waals surface area (Å²) in [6, 6.07) is 6.22. The van der Waals surface area contributed by atoms with E-state index in [0.717, 1.165) is 47.5 Å². The Morgan fingerprint density at radius 3 is 2.89 bits per heavy atom. The molecule has 0 unspecified atom stereocenters. The van der Waals surface area contributed by atoms with Crippen molar-refractivity contribution in [3.63, 3.8) is 0 Å². The van der Waals surface area contributed by atoms with E-state index in [2.05, 4.69) is 21.2 Å². The van der Waals surface area contributed by atoms with Crippen LogP contribution in [0.5, 0.6) is 0 Å². The second-order valence-electron chi connectivity index (χ2n) is 4.65. The summed E-state index contributed by atoms with van der Waals surface area (Å²) in [5, 5.41) is 17.8. The quantitative estimate of drug-likeness (QED) is 0.858. The second kappa shape index (κ2) is 4.51. The summed E-state index contributed by atoms with van der Waals surface area (Å²) in [4.78, 5) is 2.28. The van der Waals surface area contributed by atoms with Crippen molar-refractivity contribution >= 4 is 28.2 Å². The third-order valence-corrected chi connectivity index (χ3v) is 3.73. The van der Waals surface area contributed by atoms with Crippen molar-refractivity contribution in [3.05, 3.63) is 23.4 Å². The number of aromatic nitrogens is 2. The molecule has 3 rings (SSSR count). The molecule has 0 amide bonds. The molecule has 92 valence electrons. The van der Waals surface area contributed by atoms with Crippen molar-refractivity contribution in [2.24, 2.45) is 5.92 Å². The highest BCUT2D eigenvalue weighted by Crippen LogP contribution is 2.31. The van der Waals surface area contributed by atoms with Gasteiger partial charge in [0, 0.05) is 29.4 Å². The molecule has 5 heteroatoms. The van der Waals surface area contributed by atoms with Crippen LogP contribution in [0.1, 0.15) is 12.8 Å². The van der Waals surface area contributed by atoms with Crippen molar-refractivity contribution in [1.29, 1.82) is 5.26 Å². The average Bonchev–Trinajstić information content (AvgIpc) is 2.86. The van der Waals surface area contributed by atoms with Gasteiger partial charge in [-0.3, -0.25) is 5.10 Å². The first kappa shape index (κ1) is 11.4. The summed E-state index contributed by atoms with van der Waals surface area (Å²) >= 11 is 6.14. The van der Waals surface area contributed by atoms with E-state index in [1.165, 1.54) is 0 Å². The third-order valence-electron chi connectivity index (χ3n) is 3.51. The molecule has 0 saturated carbocycles. The van der Waals surface area contributed by atoms with Crippen LogP contribution in [-0.2, 0) is 0 Å². The first-order valence-electron chi connectivity index (χ1n) is 6.05. The molecule has 18 heavy (non-hydrogen) atoms. The maximum atomic E-state index is 8.92. The summed E-state index contributed by atoms with van der Waals surface area (Å²) in [6.07, 6.45) is 3.62. The molecule has 0 aliphatic carbocycles. The summed E-state index contributed by atoms with van der Waals surface area (Å²) in [6.45, 7) is 1.79. The van der Waals surface area contributed by atoms with E-state index in [0.29, 0.717) is 0 Å². The molecule has 1 saturated heterocycles. The number of anilines is 1. The van der Waals surface area contributed by atoms with Crippen LogP contribution in [0.2, 0.25) is 5.02 Å². The van der Waals surface area contributed by atoms with E-state index >= 15 is 0 Å². The Morgan fingerprint density at radius 2 is 2.17 bits per heavy atom. The fourth-order valence-electron chi connectivity index (χ4n) is 2.50. The van der Waals surface area contributed by atoms with Gasteiger partial charge in [0.1, 0.15) is 0 Å². The van der Waals surface area contributed by atoms with Crippen LogP contribution in [-0.4, -0.2) is 23.3 Å². The zero-order valence-electron chi connectivity index (χ0n) is 9.86. The van der Waals surface area contributed by atoms with Gasteiger partial charge in [0.05, 0.1) is 23.5 Å². The van der Waals surface area contributed by atoms with Crippen molar-refractivity contribution in [2.45, 2.75) is 12.8 Å². The van der Waals surface area contributed by atoms with Crippen LogP contribution < -0.4 is 4.90 Å². The number of nitriles is 1. The van der Waals surface area contributed by atoms with Gasteiger partial charge in [-0.1, -0.05) is 11.6 Å². The van der Waals surface area contributed by atoms with Crippen LogP contribution in [0.4, 0.5) is 5.69 Å². The van der Waals surface area contributed by atoms with Crippen LogP contribution in [0.15, 0.2) is 18.3 Å². The summed E-state index contributed by atoms with van der Waals surface area (Å²) in [7, 11) is 0. The fourth-order valence-corrected chi connectivity index (χ4v) is 2.72. The number of hydrogen-bond acceptors (Lipinski definition) is 3. The van der Waals surface area contributed by atoms with Crippen molar-refractivity contribution < 1.29 is 0 Å². The van der Waals surface area contributed by atoms with Gasteiger partial charge in [0.2, 0.25) is 0 Å². The number of piperidine rings is 1. The van der Waals surface area contributed by atoms with Gasteiger partial charge in [-0.25, -0.2) is 0 Å². The first-order valence-corrected chi connectivity index (χ1v) is 6.43. The molecule has 2 heterocycles. The number of fused-ring (bicyclic) bond motifs is 1. The van der Waals surface area contributed by atoms with Gasteiger partial charge >= 0.3 is 0 Å². The molecule has 1 fully saturated rings. The van der Waals surface area contributed by atoms with Crippen LogP contribution in [0, 0.1) is 17.2 Å². The minimum absolute atomic E-state index is 0.192.